The fraction of sp³-hybridized carbons (Fsp3) is 0.562. The lowest BCUT2D eigenvalue weighted by Gasteiger charge is -2.32. The van der Waals surface area contributed by atoms with Gasteiger partial charge >= 0.3 is 0 Å². The Labute approximate surface area is 124 Å². The second-order valence-corrected chi connectivity index (χ2v) is 6.78. The third-order valence-corrected chi connectivity index (χ3v) is 5.44. The predicted molar refractivity (Wildman–Crippen MR) is 83.8 cm³/mol. The molecule has 0 bridgehead atoms. The number of halogens is 1. The molecule has 1 heterocycles. The Kier molecular flexibility index (Phi) is 4.29. The average Bonchev–Trinajstić information content (AvgIpc) is 2.85. The zero-order chi connectivity index (χ0) is 13.8. The quantitative estimate of drug-likeness (QED) is 0.917. The monoisotopic (exact) mass is 292 g/mol. The van der Waals surface area contributed by atoms with Crippen LogP contribution in [0.1, 0.15) is 37.7 Å². The highest BCUT2D eigenvalue weighted by Gasteiger charge is 2.37. The maximum absolute atomic E-state index is 12.8. The minimum absolute atomic E-state index is 0.174. The van der Waals surface area contributed by atoms with Gasteiger partial charge in [-0.25, -0.2) is 4.39 Å². The van der Waals surface area contributed by atoms with E-state index in [-0.39, 0.29) is 5.82 Å². The summed E-state index contributed by atoms with van der Waals surface area (Å²) in [6.45, 7) is 0.775. The van der Waals surface area contributed by atoms with E-state index in [9.17, 15) is 4.39 Å². The van der Waals surface area contributed by atoms with Crippen molar-refractivity contribution in [2.24, 2.45) is 4.99 Å². The summed E-state index contributed by atoms with van der Waals surface area (Å²) in [6, 6.07) is 6.71. The highest BCUT2D eigenvalue weighted by atomic mass is 32.2. The molecule has 2 aliphatic rings. The molecule has 0 radical (unpaired) electrons. The van der Waals surface area contributed by atoms with Gasteiger partial charge in [-0.2, -0.15) is 0 Å². The SMILES string of the molecule is Fc1ccc(CCN=C2NC3(CCCCC3)CS2)cc1. The van der Waals surface area contributed by atoms with Crippen LogP contribution in [-0.4, -0.2) is 23.0 Å². The molecule has 0 aromatic heterocycles. The van der Waals surface area contributed by atoms with Crippen molar-refractivity contribution >= 4 is 16.9 Å². The van der Waals surface area contributed by atoms with Gasteiger partial charge in [0.15, 0.2) is 5.17 Å². The molecule has 1 saturated carbocycles. The molecule has 1 aliphatic heterocycles. The lowest BCUT2D eigenvalue weighted by Crippen LogP contribution is -2.45. The average molecular weight is 292 g/mol. The molecule has 3 rings (SSSR count). The van der Waals surface area contributed by atoms with E-state index in [1.54, 1.807) is 0 Å². The number of rotatable bonds is 3. The fourth-order valence-corrected chi connectivity index (χ4v) is 4.27. The molecule has 0 amide bonds. The Bertz CT molecular complexity index is 478. The van der Waals surface area contributed by atoms with Gasteiger partial charge in [-0.3, -0.25) is 4.99 Å². The minimum atomic E-state index is -0.174. The van der Waals surface area contributed by atoms with Crippen LogP contribution >= 0.6 is 11.8 Å². The van der Waals surface area contributed by atoms with Crippen LogP contribution in [0, 0.1) is 5.82 Å². The Balaban J connectivity index is 1.51. The minimum Gasteiger partial charge on any atom is -0.359 e. The van der Waals surface area contributed by atoms with Gasteiger partial charge in [-0.1, -0.05) is 43.2 Å². The lowest BCUT2D eigenvalue weighted by atomic mass is 9.83. The van der Waals surface area contributed by atoms with E-state index < -0.39 is 0 Å². The van der Waals surface area contributed by atoms with Crippen LogP contribution in [0.5, 0.6) is 0 Å². The standard InChI is InChI=1S/C16H21FN2S/c17-14-6-4-13(5-7-14)8-11-18-15-19-16(12-20-15)9-2-1-3-10-16/h4-7H,1-3,8-12H2,(H,18,19). The summed E-state index contributed by atoms with van der Waals surface area (Å²) < 4.78 is 12.8. The van der Waals surface area contributed by atoms with E-state index in [1.165, 1.54) is 50.0 Å². The van der Waals surface area contributed by atoms with Gasteiger partial charge in [0.1, 0.15) is 5.82 Å². The van der Waals surface area contributed by atoms with Crippen molar-refractivity contribution in [2.75, 3.05) is 12.3 Å². The van der Waals surface area contributed by atoms with E-state index in [1.807, 2.05) is 23.9 Å². The summed E-state index contributed by atoms with van der Waals surface area (Å²) in [6.07, 6.45) is 7.52. The first-order chi connectivity index (χ1) is 9.76. The molecule has 2 fully saturated rings. The molecule has 1 aliphatic carbocycles. The summed E-state index contributed by atoms with van der Waals surface area (Å²) in [7, 11) is 0. The van der Waals surface area contributed by atoms with Crippen molar-refractivity contribution in [3.8, 4) is 0 Å². The molecule has 0 atom stereocenters. The summed E-state index contributed by atoms with van der Waals surface area (Å²) in [5.74, 6) is 0.995. The number of amidine groups is 1. The van der Waals surface area contributed by atoms with Crippen molar-refractivity contribution in [1.82, 2.24) is 5.32 Å². The van der Waals surface area contributed by atoms with E-state index in [0.717, 1.165) is 23.7 Å². The first kappa shape index (κ1) is 13.9. The lowest BCUT2D eigenvalue weighted by molar-refractivity contribution is 0.303. The van der Waals surface area contributed by atoms with Crippen LogP contribution in [0.2, 0.25) is 0 Å². The van der Waals surface area contributed by atoms with Crippen molar-refractivity contribution in [2.45, 2.75) is 44.1 Å². The number of aliphatic imine (C=N–C) groups is 1. The van der Waals surface area contributed by atoms with E-state index in [4.69, 9.17) is 0 Å². The molecule has 1 aromatic carbocycles. The number of hydrogen-bond donors (Lipinski definition) is 1. The highest BCUT2D eigenvalue weighted by molar-refractivity contribution is 8.14. The zero-order valence-corrected chi connectivity index (χ0v) is 12.5. The van der Waals surface area contributed by atoms with E-state index >= 15 is 0 Å². The number of nitrogens with one attached hydrogen (secondary N) is 1. The third-order valence-electron chi connectivity index (χ3n) is 4.24. The normalized spacial score (nSPS) is 23.1. The van der Waals surface area contributed by atoms with Gasteiger partial charge in [0, 0.05) is 17.8 Å². The van der Waals surface area contributed by atoms with Gasteiger partial charge in [-0.15, -0.1) is 0 Å². The molecular weight excluding hydrogens is 271 g/mol. The van der Waals surface area contributed by atoms with Crippen molar-refractivity contribution in [3.63, 3.8) is 0 Å². The molecule has 1 N–H and O–H groups in total. The second-order valence-electron chi connectivity index (χ2n) is 5.82. The number of hydrogen-bond acceptors (Lipinski definition) is 2. The third kappa shape index (κ3) is 3.35. The maximum atomic E-state index is 12.8. The van der Waals surface area contributed by atoms with Crippen molar-refractivity contribution in [3.05, 3.63) is 35.6 Å². The summed E-state index contributed by atoms with van der Waals surface area (Å²) in [5, 5.41) is 4.76. The molecule has 20 heavy (non-hydrogen) atoms. The molecule has 1 saturated heterocycles. The van der Waals surface area contributed by atoms with E-state index in [2.05, 4.69) is 10.3 Å². The Hall–Kier alpha value is -1.03. The summed E-state index contributed by atoms with van der Waals surface area (Å²) in [4.78, 5) is 4.67. The largest absolute Gasteiger partial charge is 0.359 e. The molecule has 1 aromatic rings. The van der Waals surface area contributed by atoms with Crippen LogP contribution in [0.3, 0.4) is 0 Å². The highest BCUT2D eigenvalue weighted by Crippen LogP contribution is 2.36. The van der Waals surface area contributed by atoms with Crippen LogP contribution in [-0.2, 0) is 6.42 Å². The van der Waals surface area contributed by atoms with Gasteiger partial charge in [0.2, 0.25) is 0 Å². The van der Waals surface area contributed by atoms with Gasteiger partial charge in [-0.05, 0) is 37.0 Å². The van der Waals surface area contributed by atoms with Gasteiger partial charge in [0.25, 0.3) is 0 Å². The Morgan fingerprint density at radius 1 is 1.15 bits per heavy atom. The first-order valence-corrected chi connectivity index (χ1v) is 8.44. The molecule has 4 heteroatoms. The second kappa shape index (κ2) is 6.17. The van der Waals surface area contributed by atoms with Crippen LogP contribution in [0.15, 0.2) is 29.3 Å². The Morgan fingerprint density at radius 3 is 2.65 bits per heavy atom. The zero-order valence-electron chi connectivity index (χ0n) is 11.7. The van der Waals surface area contributed by atoms with Crippen LogP contribution < -0.4 is 5.32 Å². The summed E-state index contributed by atoms with van der Waals surface area (Å²) in [5.41, 5.74) is 1.48. The number of nitrogens with zero attached hydrogens (tertiary/aromatic N) is 1. The topological polar surface area (TPSA) is 24.4 Å². The van der Waals surface area contributed by atoms with Crippen LogP contribution in [0.25, 0.3) is 0 Å². The van der Waals surface area contributed by atoms with E-state index in [0.29, 0.717) is 5.54 Å². The van der Waals surface area contributed by atoms with Crippen LogP contribution in [0.4, 0.5) is 4.39 Å². The maximum Gasteiger partial charge on any atom is 0.157 e. The van der Waals surface area contributed by atoms with Crippen molar-refractivity contribution in [1.29, 1.82) is 0 Å². The molecule has 0 unspecified atom stereocenters. The Morgan fingerprint density at radius 2 is 1.90 bits per heavy atom. The molecule has 1 spiro atoms. The molecule has 2 nitrogen and oxygen atoms in total. The molecule has 108 valence electrons. The van der Waals surface area contributed by atoms with Gasteiger partial charge in [0.05, 0.1) is 0 Å². The number of thioether (sulfide) groups is 1. The fourth-order valence-electron chi connectivity index (χ4n) is 3.03. The predicted octanol–water partition coefficient (Wildman–Crippen LogP) is 3.76. The molecular formula is C16H21FN2S. The summed E-state index contributed by atoms with van der Waals surface area (Å²) >= 11 is 1.86. The van der Waals surface area contributed by atoms with Crippen molar-refractivity contribution < 1.29 is 4.39 Å². The van der Waals surface area contributed by atoms with Gasteiger partial charge < -0.3 is 5.32 Å². The first-order valence-electron chi connectivity index (χ1n) is 7.46. The number of benzene rings is 1. The smallest absolute Gasteiger partial charge is 0.157 e.